The summed E-state index contributed by atoms with van der Waals surface area (Å²) in [5.41, 5.74) is 5.66. The monoisotopic (exact) mass is 220 g/mol. The normalized spacial score (nSPS) is 28.4. The average molecular weight is 220 g/mol. The second kappa shape index (κ2) is 4.27. The van der Waals surface area contributed by atoms with Crippen LogP contribution in [0.4, 0.5) is 0 Å². The zero-order valence-corrected chi connectivity index (χ0v) is 9.01. The van der Waals surface area contributed by atoms with Gasteiger partial charge in [-0.15, -0.1) is 0 Å². The van der Waals surface area contributed by atoms with Gasteiger partial charge in [0.1, 0.15) is 0 Å². The Morgan fingerprint density at radius 3 is 2.21 bits per heavy atom. The summed E-state index contributed by atoms with van der Waals surface area (Å²) in [6, 6.07) is 0.110. The van der Waals surface area contributed by atoms with E-state index in [1.165, 1.54) is 6.92 Å². The summed E-state index contributed by atoms with van der Waals surface area (Å²) in [5, 5.41) is -0.453. The minimum atomic E-state index is -3.46. The van der Waals surface area contributed by atoms with Crippen molar-refractivity contribution in [2.45, 2.75) is 43.9 Å². The first kappa shape index (κ1) is 11.5. The zero-order valence-electron chi connectivity index (χ0n) is 8.19. The topological polar surface area (TPSA) is 89.3 Å². The van der Waals surface area contributed by atoms with Gasteiger partial charge in [0.05, 0.1) is 5.25 Å². The lowest BCUT2D eigenvalue weighted by Gasteiger charge is -2.25. The fourth-order valence-electron chi connectivity index (χ4n) is 1.68. The molecule has 0 spiro atoms. The SMILES string of the molecule is CC(=O)NS(=O)(=O)C1CCC(N)CC1. The Labute approximate surface area is 84.1 Å². The molecule has 0 aromatic heterocycles. The van der Waals surface area contributed by atoms with Crippen molar-refractivity contribution < 1.29 is 13.2 Å². The highest BCUT2D eigenvalue weighted by molar-refractivity contribution is 7.90. The van der Waals surface area contributed by atoms with Crippen LogP contribution in [0.3, 0.4) is 0 Å². The van der Waals surface area contributed by atoms with E-state index in [1.54, 1.807) is 0 Å². The van der Waals surface area contributed by atoms with Crippen LogP contribution < -0.4 is 10.5 Å². The molecule has 14 heavy (non-hydrogen) atoms. The molecule has 3 N–H and O–H groups in total. The van der Waals surface area contributed by atoms with Gasteiger partial charge in [-0.3, -0.25) is 9.52 Å². The van der Waals surface area contributed by atoms with E-state index in [9.17, 15) is 13.2 Å². The van der Waals surface area contributed by atoms with Crippen LogP contribution in [0.5, 0.6) is 0 Å². The van der Waals surface area contributed by atoms with Crippen molar-refractivity contribution in [2.24, 2.45) is 5.73 Å². The predicted octanol–water partition coefficient (Wildman–Crippen LogP) is -0.278. The molecule has 0 heterocycles. The van der Waals surface area contributed by atoms with Crippen molar-refractivity contribution in [3.63, 3.8) is 0 Å². The van der Waals surface area contributed by atoms with Crippen molar-refractivity contribution in [2.75, 3.05) is 0 Å². The Bertz CT molecular complexity index is 305. The molecule has 0 aromatic rings. The van der Waals surface area contributed by atoms with Crippen molar-refractivity contribution in [3.05, 3.63) is 0 Å². The fourth-order valence-corrected chi connectivity index (χ4v) is 3.14. The number of carbonyl (C=O) groups is 1. The smallest absolute Gasteiger partial charge is 0.237 e. The van der Waals surface area contributed by atoms with E-state index in [4.69, 9.17) is 5.73 Å². The highest BCUT2D eigenvalue weighted by atomic mass is 32.2. The van der Waals surface area contributed by atoms with Gasteiger partial charge in [-0.05, 0) is 25.7 Å². The maximum atomic E-state index is 11.5. The molecule has 1 saturated carbocycles. The molecule has 0 unspecified atom stereocenters. The summed E-state index contributed by atoms with van der Waals surface area (Å²) in [7, 11) is -3.46. The van der Waals surface area contributed by atoms with Crippen LogP contribution in [0.2, 0.25) is 0 Å². The van der Waals surface area contributed by atoms with E-state index < -0.39 is 21.2 Å². The first-order valence-electron chi connectivity index (χ1n) is 4.69. The molecule has 0 aromatic carbocycles. The molecule has 0 bridgehead atoms. The molecular weight excluding hydrogens is 204 g/mol. The van der Waals surface area contributed by atoms with E-state index in [0.717, 1.165) is 0 Å². The van der Waals surface area contributed by atoms with Gasteiger partial charge in [-0.2, -0.15) is 0 Å². The molecule has 1 rings (SSSR count). The van der Waals surface area contributed by atoms with Crippen molar-refractivity contribution in [3.8, 4) is 0 Å². The third kappa shape index (κ3) is 2.95. The number of nitrogens with two attached hydrogens (primary N) is 1. The third-order valence-electron chi connectivity index (χ3n) is 2.44. The van der Waals surface area contributed by atoms with E-state index in [0.29, 0.717) is 25.7 Å². The molecule has 1 aliphatic rings. The first-order chi connectivity index (χ1) is 6.42. The first-order valence-corrected chi connectivity index (χ1v) is 6.24. The molecule has 0 atom stereocenters. The van der Waals surface area contributed by atoms with E-state index in [1.807, 2.05) is 4.72 Å². The quantitative estimate of drug-likeness (QED) is 0.670. The van der Waals surface area contributed by atoms with Gasteiger partial charge in [-0.25, -0.2) is 8.42 Å². The van der Waals surface area contributed by atoms with Crippen LogP contribution in [0.15, 0.2) is 0 Å². The van der Waals surface area contributed by atoms with Crippen LogP contribution in [-0.2, 0) is 14.8 Å². The van der Waals surface area contributed by atoms with Gasteiger partial charge in [-0.1, -0.05) is 0 Å². The Morgan fingerprint density at radius 2 is 1.79 bits per heavy atom. The summed E-state index contributed by atoms with van der Waals surface area (Å²) in [4.78, 5) is 10.7. The lowest BCUT2D eigenvalue weighted by Crippen LogP contribution is -2.41. The van der Waals surface area contributed by atoms with E-state index in [2.05, 4.69) is 0 Å². The number of carbonyl (C=O) groups excluding carboxylic acids is 1. The third-order valence-corrected chi connectivity index (χ3v) is 4.36. The van der Waals surface area contributed by atoms with Crippen LogP contribution in [-0.4, -0.2) is 25.6 Å². The van der Waals surface area contributed by atoms with Gasteiger partial charge < -0.3 is 5.73 Å². The van der Waals surface area contributed by atoms with Gasteiger partial charge in [0, 0.05) is 13.0 Å². The van der Waals surface area contributed by atoms with Crippen molar-refractivity contribution >= 4 is 15.9 Å². The van der Waals surface area contributed by atoms with Gasteiger partial charge in [0.2, 0.25) is 15.9 Å². The molecule has 6 heteroatoms. The van der Waals surface area contributed by atoms with Crippen LogP contribution in [0, 0.1) is 0 Å². The minimum absolute atomic E-state index is 0.110. The molecule has 0 aliphatic heterocycles. The van der Waals surface area contributed by atoms with Crippen LogP contribution in [0.25, 0.3) is 0 Å². The Morgan fingerprint density at radius 1 is 1.29 bits per heavy atom. The molecule has 1 amide bonds. The summed E-state index contributed by atoms with van der Waals surface area (Å²) in [5.74, 6) is -0.528. The molecule has 1 aliphatic carbocycles. The highest BCUT2D eigenvalue weighted by Crippen LogP contribution is 2.22. The Balaban J connectivity index is 2.60. The van der Waals surface area contributed by atoms with Crippen LogP contribution >= 0.6 is 0 Å². The number of nitrogens with one attached hydrogen (secondary N) is 1. The van der Waals surface area contributed by atoms with Crippen molar-refractivity contribution in [1.82, 2.24) is 4.72 Å². The molecule has 0 radical (unpaired) electrons. The maximum absolute atomic E-state index is 11.5. The van der Waals surface area contributed by atoms with Crippen molar-refractivity contribution in [1.29, 1.82) is 0 Å². The van der Waals surface area contributed by atoms with Crippen LogP contribution in [0.1, 0.15) is 32.6 Å². The number of rotatable bonds is 2. The predicted molar refractivity (Wildman–Crippen MR) is 53.0 cm³/mol. The second-order valence-corrected chi connectivity index (χ2v) is 5.70. The zero-order chi connectivity index (χ0) is 10.8. The standard InChI is InChI=1S/C8H16N2O3S/c1-6(11)10-14(12,13)8-4-2-7(9)3-5-8/h7-8H,2-5,9H2,1H3,(H,10,11). The summed E-state index contributed by atoms with van der Waals surface area (Å²) >= 11 is 0. The molecular formula is C8H16N2O3S. The largest absolute Gasteiger partial charge is 0.328 e. The molecule has 1 fully saturated rings. The molecule has 5 nitrogen and oxygen atoms in total. The van der Waals surface area contributed by atoms with E-state index >= 15 is 0 Å². The minimum Gasteiger partial charge on any atom is -0.328 e. The lowest BCUT2D eigenvalue weighted by molar-refractivity contribution is -0.117. The summed E-state index contributed by atoms with van der Waals surface area (Å²) in [6.45, 7) is 1.20. The number of hydrogen-bond donors (Lipinski definition) is 2. The second-order valence-electron chi connectivity index (χ2n) is 3.74. The molecule has 0 saturated heterocycles. The van der Waals surface area contributed by atoms with E-state index in [-0.39, 0.29) is 6.04 Å². The Hall–Kier alpha value is -0.620. The van der Waals surface area contributed by atoms with Gasteiger partial charge in [0.15, 0.2) is 0 Å². The lowest BCUT2D eigenvalue weighted by atomic mass is 9.96. The Kier molecular flexibility index (Phi) is 3.49. The van der Waals surface area contributed by atoms with Gasteiger partial charge in [0.25, 0.3) is 0 Å². The summed E-state index contributed by atoms with van der Waals surface area (Å²) < 4.78 is 25.1. The maximum Gasteiger partial charge on any atom is 0.237 e. The fraction of sp³-hybridized carbons (Fsp3) is 0.875. The van der Waals surface area contributed by atoms with Gasteiger partial charge >= 0.3 is 0 Å². The molecule has 82 valence electrons. The number of hydrogen-bond acceptors (Lipinski definition) is 4. The number of sulfonamides is 1. The average Bonchev–Trinajstić information content (AvgIpc) is 2.02. The summed E-state index contributed by atoms with van der Waals surface area (Å²) in [6.07, 6.45) is 2.51. The number of amides is 1. The highest BCUT2D eigenvalue weighted by Gasteiger charge is 2.30.